The van der Waals surface area contributed by atoms with Gasteiger partial charge in [0.1, 0.15) is 5.84 Å². The number of aliphatic imine (C=N–C) groups is 1. The summed E-state index contributed by atoms with van der Waals surface area (Å²) in [6, 6.07) is 6.97. The molecule has 1 atom stereocenters. The number of aryl methyl sites for hydroxylation is 1. The first kappa shape index (κ1) is 16.7. The van der Waals surface area contributed by atoms with Crippen molar-refractivity contribution >= 4 is 33.1 Å². The Kier molecular flexibility index (Phi) is 4.10. The number of hydrogen-bond acceptors (Lipinski definition) is 6. The van der Waals surface area contributed by atoms with Crippen LogP contribution in [0.4, 0.5) is 0 Å². The minimum atomic E-state index is 0.529. The largest absolute Gasteiger partial charge is 0.368 e. The Balaban J connectivity index is 1.38. The van der Waals surface area contributed by atoms with Crippen molar-refractivity contribution in [1.82, 2.24) is 20.1 Å². The lowest BCUT2D eigenvalue weighted by molar-refractivity contribution is 0.258. The molecule has 27 heavy (non-hydrogen) atoms. The molecule has 0 amide bonds. The molecule has 1 fully saturated rings. The van der Waals surface area contributed by atoms with Gasteiger partial charge in [-0.05, 0) is 44.2 Å². The van der Waals surface area contributed by atoms with E-state index in [1.807, 2.05) is 0 Å². The Morgan fingerprint density at radius 1 is 1.26 bits per heavy atom. The first-order valence-corrected chi connectivity index (χ1v) is 10.3. The van der Waals surface area contributed by atoms with Gasteiger partial charge in [-0.25, -0.2) is 9.98 Å². The lowest BCUT2D eigenvalue weighted by Gasteiger charge is -2.37. The summed E-state index contributed by atoms with van der Waals surface area (Å²) in [5.41, 5.74) is 4.56. The zero-order chi connectivity index (χ0) is 18.4. The standard InChI is InChI=1S/C21H23N5S/c1-14-12-25(10-8-22-14)17-4-6-21-24-18(7-9-26(21)13-17)16-3-5-19-20(11-16)27-15(2)23-19/h3-7,11,13-14,22H,8-10,12H2,1-2H3/t14-/m0/s1. The SMILES string of the molecule is Cc1nc2ccc(C3=CCN4C=C(N5CCN[C@@H](C)C5)C=CC4=N3)cc2s1. The second kappa shape index (κ2) is 6.62. The van der Waals surface area contributed by atoms with Gasteiger partial charge in [-0.1, -0.05) is 6.07 Å². The molecule has 3 aliphatic rings. The summed E-state index contributed by atoms with van der Waals surface area (Å²) < 4.78 is 1.22. The molecule has 0 radical (unpaired) electrons. The molecule has 2 aromatic rings. The lowest BCUT2D eigenvalue weighted by atomic mass is 10.1. The molecule has 0 saturated carbocycles. The second-order valence-corrected chi connectivity index (χ2v) is 8.55. The first-order chi connectivity index (χ1) is 13.2. The average molecular weight is 378 g/mol. The highest BCUT2D eigenvalue weighted by molar-refractivity contribution is 7.18. The minimum absolute atomic E-state index is 0.529. The van der Waals surface area contributed by atoms with Crippen molar-refractivity contribution in [2.24, 2.45) is 4.99 Å². The maximum atomic E-state index is 4.91. The monoisotopic (exact) mass is 377 g/mol. The molecule has 0 unspecified atom stereocenters. The van der Waals surface area contributed by atoms with Gasteiger partial charge in [-0.2, -0.15) is 0 Å². The highest BCUT2D eigenvalue weighted by atomic mass is 32.1. The Morgan fingerprint density at radius 2 is 2.19 bits per heavy atom. The number of rotatable bonds is 2. The molecular formula is C21H23N5S. The van der Waals surface area contributed by atoms with Crippen LogP contribution in [-0.4, -0.2) is 52.8 Å². The first-order valence-electron chi connectivity index (χ1n) is 9.47. The number of benzene rings is 1. The van der Waals surface area contributed by atoms with E-state index in [-0.39, 0.29) is 0 Å². The van der Waals surface area contributed by atoms with Crippen molar-refractivity contribution in [3.8, 4) is 0 Å². The van der Waals surface area contributed by atoms with Crippen LogP contribution in [0.3, 0.4) is 0 Å². The molecule has 1 aromatic carbocycles. The molecule has 0 aliphatic carbocycles. The Morgan fingerprint density at radius 3 is 3.07 bits per heavy atom. The number of fused-ring (bicyclic) bond motifs is 2. The van der Waals surface area contributed by atoms with Crippen LogP contribution in [0.2, 0.25) is 0 Å². The number of thiazole rings is 1. The van der Waals surface area contributed by atoms with E-state index in [0.29, 0.717) is 6.04 Å². The van der Waals surface area contributed by atoms with Crippen molar-refractivity contribution in [3.63, 3.8) is 0 Å². The van der Waals surface area contributed by atoms with Crippen molar-refractivity contribution in [3.05, 3.63) is 58.9 Å². The van der Waals surface area contributed by atoms with Gasteiger partial charge < -0.3 is 15.1 Å². The number of amidine groups is 1. The average Bonchev–Trinajstić information content (AvgIpc) is 3.06. The van der Waals surface area contributed by atoms with Crippen molar-refractivity contribution in [1.29, 1.82) is 0 Å². The molecule has 0 spiro atoms. The molecule has 1 aromatic heterocycles. The Bertz CT molecular complexity index is 1010. The van der Waals surface area contributed by atoms with E-state index in [0.717, 1.165) is 53.8 Å². The fraction of sp³-hybridized carbons (Fsp3) is 0.333. The third kappa shape index (κ3) is 3.19. The maximum absolute atomic E-state index is 4.91. The third-order valence-electron chi connectivity index (χ3n) is 5.23. The van der Waals surface area contributed by atoms with Gasteiger partial charge in [0.15, 0.2) is 0 Å². The molecule has 1 N–H and O–H groups in total. The summed E-state index contributed by atoms with van der Waals surface area (Å²) in [6.45, 7) is 8.28. The van der Waals surface area contributed by atoms with Crippen LogP contribution in [0.5, 0.6) is 0 Å². The van der Waals surface area contributed by atoms with Gasteiger partial charge in [0.05, 0.1) is 26.6 Å². The summed E-state index contributed by atoms with van der Waals surface area (Å²) in [5.74, 6) is 1.01. The molecule has 6 heteroatoms. The zero-order valence-corrected chi connectivity index (χ0v) is 16.5. The lowest BCUT2D eigenvalue weighted by Crippen LogP contribution is -2.49. The van der Waals surface area contributed by atoms with Gasteiger partial charge >= 0.3 is 0 Å². The van der Waals surface area contributed by atoms with Gasteiger partial charge in [0.2, 0.25) is 0 Å². The number of allylic oxidation sites excluding steroid dienone is 1. The van der Waals surface area contributed by atoms with E-state index >= 15 is 0 Å². The van der Waals surface area contributed by atoms with Crippen LogP contribution in [0.15, 0.2) is 53.3 Å². The number of nitrogens with zero attached hydrogens (tertiary/aromatic N) is 4. The molecule has 5 rings (SSSR count). The molecule has 4 heterocycles. The van der Waals surface area contributed by atoms with E-state index < -0.39 is 0 Å². The summed E-state index contributed by atoms with van der Waals surface area (Å²) in [5, 5.41) is 4.61. The highest BCUT2D eigenvalue weighted by Crippen LogP contribution is 2.29. The summed E-state index contributed by atoms with van der Waals surface area (Å²) in [7, 11) is 0. The molecule has 1 saturated heterocycles. The van der Waals surface area contributed by atoms with Crippen molar-refractivity contribution in [2.45, 2.75) is 19.9 Å². The molecule has 5 nitrogen and oxygen atoms in total. The van der Waals surface area contributed by atoms with Crippen LogP contribution >= 0.6 is 11.3 Å². The van der Waals surface area contributed by atoms with Gasteiger partial charge in [0.25, 0.3) is 0 Å². The van der Waals surface area contributed by atoms with Crippen LogP contribution in [0, 0.1) is 6.92 Å². The minimum Gasteiger partial charge on any atom is -0.368 e. The van der Waals surface area contributed by atoms with Gasteiger partial charge in [-0.3, -0.25) is 0 Å². The van der Waals surface area contributed by atoms with Crippen molar-refractivity contribution in [2.75, 3.05) is 26.2 Å². The molecule has 138 valence electrons. The zero-order valence-electron chi connectivity index (χ0n) is 15.6. The fourth-order valence-electron chi connectivity index (χ4n) is 3.86. The van der Waals surface area contributed by atoms with E-state index in [1.54, 1.807) is 11.3 Å². The predicted molar refractivity (Wildman–Crippen MR) is 113 cm³/mol. The van der Waals surface area contributed by atoms with Gasteiger partial charge in [-0.15, -0.1) is 11.3 Å². The molecular weight excluding hydrogens is 354 g/mol. The van der Waals surface area contributed by atoms with E-state index in [4.69, 9.17) is 4.99 Å². The van der Waals surface area contributed by atoms with Crippen LogP contribution < -0.4 is 5.32 Å². The predicted octanol–water partition coefficient (Wildman–Crippen LogP) is 3.36. The third-order valence-corrected chi connectivity index (χ3v) is 6.16. The van der Waals surface area contributed by atoms with Crippen LogP contribution in [0.25, 0.3) is 15.9 Å². The quantitative estimate of drug-likeness (QED) is 0.872. The smallest absolute Gasteiger partial charge is 0.133 e. The van der Waals surface area contributed by atoms with E-state index in [1.165, 1.54) is 10.4 Å². The van der Waals surface area contributed by atoms with E-state index in [9.17, 15) is 0 Å². The topological polar surface area (TPSA) is 43.8 Å². The number of piperazine rings is 1. The summed E-state index contributed by atoms with van der Waals surface area (Å²) >= 11 is 1.74. The van der Waals surface area contributed by atoms with Crippen LogP contribution in [0.1, 0.15) is 17.5 Å². The molecule has 0 bridgehead atoms. The normalized spacial score (nSPS) is 22.4. The Labute approximate surface area is 163 Å². The summed E-state index contributed by atoms with van der Waals surface area (Å²) in [6.07, 6.45) is 8.79. The van der Waals surface area contributed by atoms with Gasteiger partial charge in [0, 0.05) is 44.0 Å². The Hall–Kier alpha value is -2.44. The molecule has 3 aliphatic heterocycles. The van der Waals surface area contributed by atoms with E-state index in [2.05, 4.69) is 76.6 Å². The maximum Gasteiger partial charge on any atom is 0.133 e. The number of nitrogens with one attached hydrogen (secondary N) is 1. The summed E-state index contributed by atoms with van der Waals surface area (Å²) in [4.78, 5) is 14.1. The number of hydrogen-bond donors (Lipinski definition) is 1. The second-order valence-electron chi connectivity index (χ2n) is 7.32. The fourth-order valence-corrected chi connectivity index (χ4v) is 4.73. The highest BCUT2D eigenvalue weighted by Gasteiger charge is 2.22. The number of aromatic nitrogens is 1. The van der Waals surface area contributed by atoms with Crippen LogP contribution in [-0.2, 0) is 0 Å². The van der Waals surface area contributed by atoms with Crippen molar-refractivity contribution < 1.29 is 0 Å².